The zero-order chi connectivity index (χ0) is 16.5. The highest BCUT2D eigenvalue weighted by Crippen LogP contribution is 2.12. The molecule has 23 heavy (non-hydrogen) atoms. The lowest BCUT2D eigenvalue weighted by atomic mass is 10.1. The molecule has 2 rings (SSSR count). The molecular formula is C16H25N3O4. The van der Waals surface area contributed by atoms with Gasteiger partial charge in [-0.3, -0.25) is 4.79 Å². The van der Waals surface area contributed by atoms with E-state index in [0.29, 0.717) is 30.8 Å². The Labute approximate surface area is 136 Å². The summed E-state index contributed by atoms with van der Waals surface area (Å²) in [5.41, 5.74) is 0. The van der Waals surface area contributed by atoms with Gasteiger partial charge in [0.2, 0.25) is 5.88 Å². The van der Waals surface area contributed by atoms with Crippen LogP contribution in [0, 0.1) is 5.92 Å². The Bertz CT molecular complexity index is 473. The fraction of sp³-hybridized carbons (Fsp3) is 0.688. The lowest BCUT2D eigenvalue weighted by Crippen LogP contribution is -2.23. The van der Waals surface area contributed by atoms with E-state index in [9.17, 15) is 4.79 Å². The maximum absolute atomic E-state index is 11.7. The smallest absolute Gasteiger partial charge is 0.251 e. The first-order chi connectivity index (χ1) is 11.1. The maximum atomic E-state index is 11.7. The van der Waals surface area contributed by atoms with Gasteiger partial charge in [-0.2, -0.15) is 0 Å². The number of anilines is 1. The molecule has 2 heterocycles. The quantitative estimate of drug-likeness (QED) is 0.749. The van der Waals surface area contributed by atoms with Crippen LogP contribution in [0.3, 0.4) is 0 Å². The van der Waals surface area contributed by atoms with E-state index in [1.165, 1.54) is 0 Å². The number of nitrogens with zero attached hydrogens (tertiary/aromatic N) is 2. The van der Waals surface area contributed by atoms with Crippen LogP contribution in [-0.2, 0) is 14.3 Å². The van der Waals surface area contributed by atoms with Gasteiger partial charge in [0.1, 0.15) is 6.61 Å². The van der Waals surface area contributed by atoms with E-state index in [4.69, 9.17) is 14.2 Å². The van der Waals surface area contributed by atoms with Gasteiger partial charge in [0.05, 0.1) is 19.3 Å². The molecule has 1 aromatic rings. The summed E-state index contributed by atoms with van der Waals surface area (Å²) in [4.78, 5) is 11.7. The van der Waals surface area contributed by atoms with Crippen molar-refractivity contribution in [1.29, 1.82) is 0 Å². The predicted octanol–water partition coefficient (Wildman–Crippen LogP) is 2.04. The van der Waals surface area contributed by atoms with Crippen molar-refractivity contribution in [3.05, 3.63) is 12.1 Å². The Kier molecular flexibility index (Phi) is 7.22. The van der Waals surface area contributed by atoms with Gasteiger partial charge >= 0.3 is 0 Å². The molecule has 0 radical (unpaired) electrons. The van der Waals surface area contributed by atoms with Crippen LogP contribution in [0.25, 0.3) is 0 Å². The second kappa shape index (κ2) is 9.42. The highest BCUT2D eigenvalue weighted by Gasteiger charge is 2.16. The van der Waals surface area contributed by atoms with Crippen molar-refractivity contribution >= 4 is 11.7 Å². The van der Waals surface area contributed by atoms with Gasteiger partial charge in [-0.25, -0.2) is 0 Å². The molecular weight excluding hydrogens is 298 g/mol. The summed E-state index contributed by atoms with van der Waals surface area (Å²) >= 11 is 0. The molecule has 0 aromatic carbocycles. The van der Waals surface area contributed by atoms with Crippen molar-refractivity contribution < 1.29 is 19.0 Å². The van der Waals surface area contributed by atoms with Crippen molar-refractivity contribution in [1.82, 2.24) is 10.2 Å². The van der Waals surface area contributed by atoms with Crippen molar-refractivity contribution in [3.63, 3.8) is 0 Å². The van der Waals surface area contributed by atoms with Crippen molar-refractivity contribution in [2.45, 2.75) is 39.2 Å². The van der Waals surface area contributed by atoms with E-state index < -0.39 is 0 Å². The van der Waals surface area contributed by atoms with Crippen molar-refractivity contribution in [3.8, 4) is 5.88 Å². The zero-order valence-corrected chi connectivity index (χ0v) is 13.8. The first-order valence-electron chi connectivity index (χ1n) is 8.09. The van der Waals surface area contributed by atoms with E-state index in [1.807, 2.05) is 0 Å². The molecule has 1 atom stereocenters. The topological polar surface area (TPSA) is 82.6 Å². The molecule has 1 aliphatic heterocycles. The van der Waals surface area contributed by atoms with E-state index >= 15 is 0 Å². The van der Waals surface area contributed by atoms with Gasteiger partial charge in [-0.1, -0.05) is 13.8 Å². The Morgan fingerprint density at radius 3 is 2.96 bits per heavy atom. The largest absolute Gasteiger partial charge is 0.477 e. The van der Waals surface area contributed by atoms with Crippen LogP contribution in [0.5, 0.6) is 5.88 Å². The molecule has 7 heteroatoms. The number of nitrogens with one attached hydrogen (secondary N) is 1. The summed E-state index contributed by atoms with van der Waals surface area (Å²) in [7, 11) is 0. The molecule has 1 amide bonds. The van der Waals surface area contributed by atoms with Crippen molar-refractivity contribution in [2.24, 2.45) is 5.92 Å². The molecule has 0 aliphatic carbocycles. The summed E-state index contributed by atoms with van der Waals surface area (Å²) in [6.45, 7) is 6.08. The minimum absolute atomic E-state index is 0.0197. The number of ether oxygens (including phenoxy) is 3. The molecule has 0 saturated carbocycles. The summed E-state index contributed by atoms with van der Waals surface area (Å²) < 4.78 is 16.2. The van der Waals surface area contributed by atoms with E-state index in [-0.39, 0.29) is 18.6 Å². The van der Waals surface area contributed by atoms with Crippen LogP contribution in [0.1, 0.15) is 33.1 Å². The van der Waals surface area contributed by atoms with Gasteiger partial charge in [0.25, 0.3) is 5.91 Å². The summed E-state index contributed by atoms with van der Waals surface area (Å²) in [5, 5.41) is 10.5. The van der Waals surface area contributed by atoms with Crippen LogP contribution in [0.4, 0.5) is 5.82 Å². The van der Waals surface area contributed by atoms with Crippen LogP contribution < -0.4 is 10.1 Å². The Morgan fingerprint density at radius 1 is 1.43 bits per heavy atom. The van der Waals surface area contributed by atoms with Gasteiger partial charge in [-0.05, 0) is 31.2 Å². The molecule has 1 aliphatic rings. The molecule has 1 N–H and O–H groups in total. The maximum Gasteiger partial charge on any atom is 0.251 e. The van der Waals surface area contributed by atoms with E-state index in [1.54, 1.807) is 12.1 Å². The number of rotatable bonds is 9. The molecule has 1 aromatic heterocycles. The number of carbonyl (C=O) groups excluding carboxylic acids is 1. The monoisotopic (exact) mass is 323 g/mol. The van der Waals surface area contributed by atoms with Gasteiger partial charge in [0.15, 0.2) is 5.82 Å². The Hall–Kier alpha value is -1.73. The molecule has 1 saturated heterocycles. The summed E-state index contributed by atoms with van der Waals surface area (Å²) in [6, 6.07) is 3.35. The van der Waals surface area contributed by atoms with Gasteiger partial charge in [0, 0.05) is 12.7 Å². The third-order valence-corrected chi connectivity index (χ3v) is 3.41. The second-order valence-electron chi connectivity index (χ2n) is 5.99. The SMILES string of the molecule is CC(C)CCOc1ccc(NC(=O)COCC2CCCO2)nn1. The molecule has 7 nitrogen and oxygen atoms in total. The molecule has 0 bridgehead atoms. The second-order valence-corrected chi connectivity index (χ2v) is 5.99. The third-order valence-electron chi connectivity index (χ3n) is 3.41. The molecule has 1 fully saturated rings. The summed E-state index contributed by atoms with van der Waals surface area (Å²) in [5.74, 6) is 1.16. The number of aromatic nitrogens is 2. The fourth-order valence-corrected chi connectivity index (χ4v) is 2.10. The highest BCUT2D eigenvalue weighted by molar-refractivity contribution is 5.90. The highest BCUT2D eigenvalue weighted by atomic mass is 16.5. The molecule has 128 valence electrons. The predicted molar refractivity (Wildman–Crippen MR) is 85.4 cm³/mol. The summed E-state index contributed by atoms with van der Waals surface area (Å²) in [6.07, 6.45) is 3.12. The minimum atomic E-state index is -0.259. The Morgan fingerprint density at radius 2 is 2.30 bits per heavy atom. The average Bonchev–Trinajstić information content (AvgIpc) is 3.02. The van der Waals surface area contributed by atoms with Crippen LogP contribution in [-0.4, -0.2) is 48.6 Å². The van der Waals surface area contributed by atoms with Gasteiger partial charge in [-0.15, -0.1) is 10.2 Å². The third kappa shape index (κ3) is 6.92. The van der Waals surface area contributed by atoms with Crippen molar-refractivity contribution in [2.75, 3.05) is 31.7 Å². The van der Waals surface area contributed by atoms with E-state index in [2.05, 4.69) is 29.4 Å². The fourth-order valence-electron chi connectivity index (χ4n) is 2.10. The van der Waals surface area contributed by atoms with E-state index in [0.717, 1.165) is 25.9 Å². The van der Waals surface area contributed by atoms with Crippen LogP contribution >= 0.6 is 0 Å². The normalized spacial score (nSPS) is 17.4. The molecule has 1 unspecified atom stereocenters. The first-order valence-corrected chi connectivity index (χ1v) is 8.09. The van der Waals surface area contributed by atoms with Gasteiger partial charge < -0.3 is 19.5 Å². The average molecular weight is 323 g/mol. The standard InChI is InChI=1S/C16H25N3O4/c1-12(2)7-9-23-16-6-5-14(18-19-16)17-15(20)11-21-10-13-4-3-8-22-13/h5-6,12-13H,3-4,7-11H2,1-2H3,(H,17,18,20). The Balaban J connectivity index is 1.64. The number of hydrogen-bond donors (Lipinski definition) is 1. The number of amides is 1. The lowest BCUT2D eigenvalue weighted by Gasteiger charge is -2.10. The zero-order valence-electron chi connectivity index (χ0n) is 13.8. The minimum Gasteiger partial charge on any atom is -0.477 e. The number of carbonyl (C=O) groups is 1. The first kappa shape index (κ1) is 17.6. The lowest BCUT2D eigenvalue weighted by molar-refractivity contribution is -0.121. The van der Waals surface area contributed by atoms with Crippen LogP contribution in [0.2, 0.25) is 0 Å². The molecule has 0 spiro atoms. The van der Waals surface area contributed by atoms with Crippen LogP contribution in [0.15, 0.2) is 12.1 Å². The number of hydrogen-bond acceptors (Lipinski definition) is 6.